The fraction of sp³-hybridized carbons (Fsp3) is 0.556. The van der Waals surface area contributed by atoms with Crippen LogP contribution in [-0.2, 0) is 16.0 Å². The molecule has 1 aromatic carbocycles. The van der Waals surface area contributed by atoms with Crippen LogP contribution < -0.4 is 16.4 Å². The number of aliphatic imine (C=N–C) groups is 1. The minimum absolute atomic E-state index is 0. The molecule has 146 valence electrons. The van der Waals surface area contributed by atoms with Crippen LogP contribution in [0.3, 0.4) is 0 Å². The fourth-order valence-corrected chi connectivity index (χ4v) is 2.63. The average Bonchev–Trinajstić information content (AvgIpc) is 2.64. The first-order valence-corrected chi connectivity index (χ1v) is 8.90. The van der Waals surface area contributed by atoms with Gasteiger partial charge in [-0.3, -0.25) is 9.69 Å². The second-order valence-electron chi connectivity index (χ2n) is 6.04. The number of aryl methyl sites for hydroxylation is 1. The van der Waals surface area contributed by atoms with E-state index in [4.69, 9.17) is 10.5 Å². The quantitative estimate of drug-likeness (QED) is 0.229. The number of morpholine rings is 1. The number of benzene rings is 1. The number of ether oxygens (including phenoxy) is 1. The van der Waals surface area contributed by atoms with Gasteiger partial charge in [-0.1, -0.05) is 19.1 Å². The van der Waals surface area contributed by atoms with E-state index in [1.165, 1.54) is 5.56 Å². The Kier molecular flexibility index (Phi) is 11.2. The maximum atomic E-state index is 11.9. The van der Waals surface area contributed by atoms with Gasteiger partial charge in [-0.15, -0.1) is 24.0 Å². The van der Waals surface area contributed by atoms with Gasteiger partial charge in [0.15, 0.2) is 5.96 Å². The van der Waals surface area contributed by atoms with E-state index in [1.807, 2.05) is 24.3 Å². The molecule has 1 aliphatic rings. The van der Waals surface area contributed by atoms with Crippen molar-refractivity contribution in [2.45, 2.75) is 19.8 Å². The van der Waals surface area contributed by atoms with Crippen LogP contribution in [-0.4, -0.2) is 62.7 Å². The summed E-state index contributed by atoms with van der Waals surface area (Å²) in [4.78, 5) is 18.4. The Balaban J connectivity index is 0.00000338. The van der Waals surface area contributed by atoms with E-state index in [0.717, 1.165) is 57.9 Å². The molecule has 7 nitrogen and oxygen atoms in total. The number of guanidine groups is 1. The van der Waals surface area contributed by atoms with Crippen molar-refractivity contribution in [2.75, 3.05) is 51.3 Å². The second kappa shape index (κ2) is 12.9. The summed E-state index contributed by atoms with van der Waals surface area (Å²) in [5, 5.41) is 5.88. The number of halogens is 1. The average molecular weight is 475 g/mol. The number of nitrogens with one attached hydrogen (secondary N) is 2. The molecule has 0 aromatic heterocycles. The first kappa shape index (κ1) is 22.7. The molecule has 0 spiro atoms. The summed E-state index contributed by atoms with van der Waals surface area (Å²) >= 11 is 0. The number of nitrogens with zero attached hydrogens (tertiary/aromatic N) is 2. The minimum atomic E-state index is -0.175. The Morgan fingerprint density at radius 2 is 2.12 bits per heavy atom. The van der Waals surface area contributed by atoms with Crippen molar-refractivity contribution in [3.8, 4) is 0 Å². The van der Waals surface area contributed by atoms with E-state index in [0.29, 0.717) is 5.96 Å². The van der Waals surface area contributed by atoms with Crippen molar-refractivity contribution in [3.63, 3.8) is 0 Å². The Morgan fingerprint density at radius 1 is 1.35 bits per heavy atom. The third kappa shape index (κ3) is 8.81. The SMILES string of the molecule is CCc1cccc(NC(=O)CN=C(N)NCCCN2CCOCC2)c1.I. The highest BCUT2D eigenvalue weighted by Crippen LogP contribution is 2.10. The molecule has 8 heteroatoms. The van der Waals surface area contributed by atoms with Crippen molar-refractivity contribution in [1.29, 1.82) is 0 Å². The van der Waals surface area contributed by atoms with Gasteiger partial charge in [0.25, 0.3) is 0 Å². The molecule has 0 radical (unpaired) electrons. The standard InChI is InChI=1S/C18H29N5O2.HI/c1-2-15-5-3-6-16(13-15)22-17(24)14-21-18(19)20-7-4-8-23-9-11-25-12-10-23;/h3,5-6,13H,2,4,7-12,14H2,1H3,(H,22,24)(H3,19,20,21);1H. The molecule has 0 bridgehead atoms. The van der Waals surface area contributed by atoms with Crippen molar-refractivity contribution in [2.24, 2.45) is 10.7 Å². The summed E-state index contributed by atoms with van der Waals surface area (Å²) in [5.41, 5.74) is 7.78. The van der Waals surface area contributed by atoms with Crippen LogP contribution in [0.4, 0.5) is 5.69 Å². The molecule has 1 fully saturated rings. The van der Waals surface area contributed by atoms with Crippen LogP contribution in [0.15, 0.2) is 29.3 Å². The maximum Gasteiger partial charge on any atom is 0.246 e. The molecule has 1 aromatic rings. The number of carbonyl (C=O) groups excluding carboxylic acids is 1. The Labute approximate surface area is 172 Å². The highest BCUT2D eigenvalue weighted by atomic mass is 127. The highest BCUT2D eigenvalue weighted by Gasteiger charge is 2.09. The van der Waals surface area contributed by atoms with Crippen LogP contribution in [0, 0.1) is 0 Å². The first-order chi connectivity index (χ1) is 12.2. The lowest BCUT2D eigenvalue weighted by atomic mass is 10.1. The smallest absolute Gasteiger partial charge is 0.246 e. The van der Waals surface area contributed by atoms with Crippen LogP contribution in [0.25, 0.3) is 0 Å². The second-order valence-corrected chi connectivity index (χ2v) is 6.04. The molecule has 1 heterocycles. The van der Waals surface area contributed by atoms with Gasteiger partial charge in [-0.25, -0.2) is 4.99 Å². The predicted molar refractivity (Wildman–Crippen MR) is 116 cm³/mol. The zero-order valence-corrected chi connectivity index (χ0v) is 17.7. The largest absolute Gasteiger partial charge is 0.379 e. The van der Waals surface area contributed by atoms with Gasteiger partial charge in [-0.05, 0) is 37.1 Å². The summed E-state index contributed by atoms with van der Waals surface area (Å²) < 4.78 is 5.32. The molecular formula is C18H30IN5O2. The summed E-state index contributed by atoms with van der Waals surface area (Å²) in [6.07, 6.45) is 1.91. The molecule has 1 amide bonds. The van der Waals surface area contributed by atoms with Gasteiger partial charge in [0.2, 0.25) is 5.91 Å². The number of rotatable bonds is 8. The molecule has 4 N–H and O–H groups in total. The monoisotopic (exact) mass is 475 g/mol. The third-order valence-electron chi connectivity index (χ3n) is 4.07. The zero-order chi connectivity index (χ0) is 17.9. The molecule has 0 atom stereocenters. The number of nitrogens with two attached hydrogens (primary N) is 1. The van der Waals surface area contributed by atoms with Gasteiger partial charge in [0.05, 0.1) is 13.2 Å². The van der Waals surface area contributed by atoms with E-state index in [2.05, 4.69) is 27.4 Å². The maximum absolute atomic E-state index is 11.9. The molecule has 26 heavy (non-hydrogen) atoms. The summed E-state index contributed by atoms with van der Waals surface area (Å²) in [5.74, 6) is 0.130. The summed E-state index contributed by atoms with van der Waals surface area (Å²) in [7, 11) is 0. The topological polar surface area (TPSA) is 92.0 Å². The lowest BCUT2D eigenvalue weighted by Gasteiger charge is -2.26. The van der Waals surface area contributed by atoms with Gasteiger partial charge in [0.1, 0.15) is 6.54 Å². The summed E-state index contributed by atoms with van der Waals surface area (Å²) in [6.45, 7) is 7.45. The van der Waals surface area contributed by atoms with Crippen molar-refractivity contribution in [1.82, 2.24) is 10.2 Å². The molecule has 0 unspecified atom stereocenters. The first-order valence-electron chi connectivity index (χ1n) is 8.90. The van der Waals surface area contributed by atoms with Crippen LogP contribution in [0.5, 0.6) is 0 Å². The Hall–Kier alpha value is -1.39. The van der Waals surface area contributed by atoms with Gasteiger partial charge in [0, 0.05) is 25.3 Å². The van der Waals surface area contributed by atoms with Gasteiger partial charge >= 0.3 is 0 Å². The number of hydrogen-bond donors (Lipinski definition) is 3. The van der Waals surface area contributed by atoms with E-state index in [1.54, 1.807) is 0 Å². The predicted octanol–water partition coefficient (Wildman–Crippen LogP) is 1.43. The van der Waals surface area contributed by atoms with Crippen molar-refractivity contribution < 1.29 is 9.53 Å². The molecule has 0 aliphatic carbocycles. The molecule has 1 saturated heterocycles. The highest BCUT2D eigenvalue weighted by molar-refractivity contribution is 14.0. The van der Waals surface area contributed by atoms with E-state index >= 15 is 0 Å². The van der Waals surface area contributed by atoms with Crippen molar-refractivity contribution in [3.05, 3.63) is 29.8 Å². The van der Waals surface area contributed by atoms with Crippen LogP contribution in [0.2, 0.25) is 0 Å². The lowest BCUT2D eigenvalue weighted by molar-refractivity contribution is -0.114. The molecule has 1 aliphatic heterocycles. The van der Waals surface area contributed by atoms with Crippen LogP contribution in [0.1, 0.15) is 18.9 Å². The molecule has 0 saturated carbocycles. The third-order valence-corrected chi connectivity index (χ3v) is 4.07. The van der Waals surface area contributed by atoms with Gasteiger partial charge in [-0.2, -0.15) is 0 Å². The Morgan fingerprint density at radius 3 is 2.85 bits per heavy atom. The normalized spacial score (nSPS) is 15.2. The number of anilines is 1. The number of amides is 1. The van der Waals surface area contributed by atoms with E-state index in [9.17, 15) is 4.79 Å². The van der Waals surface area contributed by atoms with Crippen molar-refractivity contribution >= 4 is 41.5 Å². The van der Waals surface area contributed by atoms with E-state index < -0.39 is 0 Å². The zero-order valence-electron chi connectivity index (χ0n) is 15.4. The minimum Gasteiger partial charge on any atom is -0.379 e. The van der Waals surface area contributed by atoms with Gasteiger partial charge < -0.3 is 21.1 Å². The number of hydrogen-bond acceptors (Lipinski definition) is 4. The summed E-state index contributed by atoms with van der Waals surface area (Å²) in [6, 6.07) is 7.80. The molecule has 2 rings (SSSR count). The molecular weight excluding hydrogens is 445 g/mol. The lowest BCUT2D eigenvalue weighted by Crippen LogP contribution is -2.39. The number of carbonyl (C=O) groups is 1. The van der Waals surface area contributed by atoms with Crippen LogP contribution >= 0.6 is 24.0 Å². The Bertz CT molecular complexity index is 576. The fourth-order valence-electron chi connectivity index (χ4n) is 2.63. The van der Waals surface area contributed by atoms with E-state index in [-0.39, 0.29) is 36.4 Å².